The number of halogens is 2. The minimum atomic E-state index is -0.996. The van der Waals surface area contributed by atoms with Crippen molar-refractivity contribution in [1.82, 2.24) is 14.8 Å². The highest BCUT2D eigenvalue weighted by Gasteiger charge is 2.63. The molecule has 10 heteroatoms. The van der Waals surface area contributed by atoms with Crippen molar-refractivity contribution in [3.8, 4) is 5.75 Å². The van der Waals surface area contributed by atoms with Crippen molar-refractivity contribution >= 4 is 17.6 Å². The van der Waals surface area contributed by atoms with Gasteiger partial charge in [-0.25, -0.2) is 8.78 Å². The van der Waals surface area contributed by atoms with Crippen LogP contribution in [0.2, 0.25) is 0 Å². The lowest BCUT2D eigenvalue weighted by Gasteiger charge is -2.37. The van der Waals surface area contributed by atoms with Gasteiger partial charge in [0.05, 0.1) is 17.0 Å². The summed E-state index contributed by atoms with van der Waals surface area (Å²) in [6.45, 7) is 2.27. The first-order valence-electron chi connectivity index (χ1n) is 10.6. The molecule has 1 saturated carbocycles. The molecule has 2 amide bonds. The van der Waals surface area contributed by atoms with Crippen LogP contribution in [-0.2, 0) is 16.8 Å². The molecule has 1 aromatic heterocycles. The lowest BCUT2D eigenvalue weighted by atomic mass is 10.00. The van der Waals surface area contributed by atoms with E-state index in [9.17, 15) is 33.1 Å². The van der Waals surface area contributed by atoms with Crippen LogP contribution in [0.15, 0.2) is 29.2 Å². The molecular formula is C23H23F2N3O5. The molecule has 8 nitrogen and oxygen atoms in total. The molecule has 4 rings (SSSR count). The first kappa shape index (κ1) is 22.6. The fourth-order valence-corrected chi connectivity index (χ4v) is 4.59. The number of pyridine rings is 1. The van der Waals surface area contributed by atoms with E-state index in [0.29, 0.717) is 19.0 Å². The molecule has 0 bridgehead atoms. The Kier molecular flexibility index (Phi) is 5.55. The summed E-state index contributed by atoms with van der Waals surface area (Å²) in [4.78, 5) is 52.3. The first-order chi connectivity index (χ1) is 15.6. The first-order valence-corrected chi connectivity index (χ1v) is 10.6. The highest BCUT2D eigenvalue weighted by molar-refractivity contribution is 6.00. The van der Waals surface area contributed by atoms with Crippen molar-refractivity contribution in [2.24, 2.45) is 5.92 Å². The third-order valence-electron chi connectivity index (χ3n) is 6.54. The molecule has 33 heavy (non-hydrogen) atoms. The van der Waals surface area contributed by atoms with Crippen molar-refractivity contribution in [2.75, 3.05) is 20.1 Å². The number of nitrogens with zero attached hydrogens (tertiary/aromatic N) is 2. The van der Waals surface area contributed by atoms with Crippen molar-refractivity contribution < 1.29 is 28.3 Å². The van der Waals surface area contributed by atoms with E-state index in [1.807, 2.05) is 0 Å². The van der Waals surface area contributed by atoms with Gasteiger partial charge in [0.2, 0.25) is 11.3 Å². The van der Waals surface area contributed by atoms with Crippen molar-refractivity contribution in [2.45, 2.75) is 31.7 Å². The summed E-state index contributed by atoms with van der Waals surface area (Å²) in [5.41, 5.74) is -2.36. The number of likely N-dealkylation sites (N-methyl/N-ethyl adjacent to an activating group) is 1. The number of amides is 2. The average molecular weight is 459 g/mol. The van der Waals surface area contributed by atoms with E-state index in [4.69, 9.17) is 0 Å². The van der Waals surface area contributed by atoms with Gasteiger partial charge < -0.3 is 19.9 Å². The maximum Gasteiger partial charge on any atom is 0.274 e. The molecule has 2 aliphatic rings. The molecule has 174 valence electrons. The number of ketones is 1. The van der Waals surface area contributed by atoms with Gasteiger partial charge in [-0.1, -0.05) is 6.07 Å². The lowest BCUT2D eigenvalue weighted by Crippen LogP contribution is -2.50. The van der Waals surface area contributed by atoms with Gasteiger partial charge in [0.15, 0.2) is 17.2 Å². The second-order valence-electron chi connectivity index (χ2n) is 8.39. The minimum Gasteiger partial charge on any atom is -0.503 e. The third-order valence-corrected chi connectivity index (χ3v) is 6.54. The summed E-state index contributed by atoms with van der Waals surface area (Å²) in [5, 5.41) is 13.2. The summed E-state index contributed by atoms with van der Waals surface area (Å²) in [6.07, 6.45) is 1.26. The van der Waals surface area contributed by atoms with Crippen molar-refractivity contribution in [1.29, 1.82) is 0 Å². The van der Waals surface area contributed by atoms with Gasteiger partial charge in [-0.3, -0.25) is 19.2 Å². The van der Waals surface area contributed by atoms with E-state index in [2.05, 4.69) is 5.32 Å². The highest BCUT2D eigenvalue weighted by Crippen LogP contribution is 2.54. The Morgan fingerprint density at radius 1 is 1.27 bits per heavy atom. The predicted molar refractivity (Wildman–Crippen MR) is 113 cm³/mol. The zero-order chi connectivity index (χ0) is 24.1. The van der Waals surface area contributed by atoms with E-state index >= 15 is 0 Å². The molecule has 1 aromatic carbocycles. The number of rotatable bonds is 6. The van der Waals surface area contributed by atoms with Crippen LogP contribution in [0.25, 0.3) is 0 Å². The largest absolute Gasteiger partial charge is 0.503 e. The van der Waals surface area contributed by atoms with E-state index in [1.165, 1.54) is 28.8 Å². The number of benzene rings is 1. The number of aromatic nitrogens is 1. The zero-order valence-electron chi connectivity index (χ0n) is 18.2. The Labute approximate surface area is 187 Å². The van der Waals surface area contributed by atoms with Crippen LogP contribution < -0.4 is 10.7 Å². The standard InChI is InChI=1S/C23H23F2N3O5/c1-3-27-11-23(9-15(23)21(32)26-2)28-10-14(19(30)20(31)18(28)22(27)33)17(29)7-5-12-4-6-13(24)8-16(12)25/h4,6,8,10,15,31H,3,5,7,9,11H2,1-2H3,(H,26,32)/t15-,23-/m1/s1. The lowest BCUT2D eigenvalue weighted by molar-refractivity contribution is -0.122. The number of Topliss-reactive ketones (excluding diaryl/α,β-unsaturated/α-hetero) is 1. The van der Waals surface area contributed by atoms with E-state index in [0.717, 1.165) is 6.07 Å². The molecular weight excluding hydrogens is 436 g/mol. The van der Waals surface area contributed by atoms with Gasteiger partial charge in [-0.15, -0.1) is 0 Å². The summed E-state index contributed by atoms with van der Waals surface area (Å²) < 4.78 is 28.4. The zero-order valence-corrected chi connectivity index (χ0v) is 18.2. The summed E-state index contributed by atoms with van der Waals surface area (Å²) >= 11 is 0. The Morgan fingerprint density at radius 3 is 2.64 bits per heavy atom. The van der Waals surface area contributed by atoms with Crippen molar-refractivity contribution in [3.05, 3.63) is 63.1 Å². The fraction of sp³-hybridized carbons (Fsp3) is 0.391. The molecule has 2 heterocycles. The Morgan fingerprint density at radius 2 is 2.00 bits per heavy atom. The van der Waals surface area contributed by atoms with Crippen LogP contribution >= 0.6 is 0 Å². The number of hydrogen-bond donors (Lipinski definition) is 2. The van der Waals surface area contributed by atoms with E-state index in [-0.39, 0.29) is 42.1 Å². The molecule has 2 aromatic rings. The fourth-order valence-electron chi connectivity index (χ4n) is 4.59. The summed E-state index contributed by atoms with van der Waals surface area (Å²) in [7, 11) is 1.49. The van der Waals surface area contributed by atoms with Crippen LogP contribution in [0, 0.1) is 17.6 Å². The van der Waals surface area contributed by atoms with Crippen LogP contribution in [0.3, 0.4) is 0 Å². The molecule has 1 aliphatic carbocycles. The number of carbonyl (C=O) groups excluding carboxylic acids is 3. The van der Waals surface area contributed by atoms with Crippen LogP contribution in [0.5, 0.6) is 5.75 Å². The molecule has 1 spiro atoms. The Hall–Kier alpha value is -3.56. The molecule has 0 saturated heterocycles. The van der Waals surface area contributed by atoms with Crippen LogP contribution in [0.1, 0.15) is 46.2 Å². The van der Waals surface area contributed by atoms with Gasteiger partial charge in [-0.05, 0) is 31.4 Å². The molecule has 0 radical (unpaired) electrons. The Bertz CT molecular complexity index is 1240. The normalized spacial score (nSPS) is 21.2. The smallest absolute Gasteiger partial charge is 0.274 e. The maximum atomic E-state index is 13.9. The second kappa shape index (κ2) is 8.09. The average Bonchev–Trinajstić information content (AvgIpc) is 3.51. The topological polar surface area (TPSA) is 109 Å². The number of aryl methyl sites for hydroxylation is 1. The van der Waals surface area contributed by atoms with Gasteiger partial charge in [0.1, 0.15) is 11.6 Å². The van der Waals surface area contributed by atoms with Gasteiger partial charge in [0, 0.05) is 38.8 Å². The van der Waals surface area contributed by atoms with Gasteiger partial charge in [0.25, 0.3) is 5.91 Å². The molecule has 1 aliphatic heterocycles. The number of hydrogen-bond acceptors (Lipinski definition) is 5. The van der Waals surface area contributed by atoms with Gasteiger partial charge >= 0.3 is 0 Å². The molecule has 2 atom stereocenters. The monoisotopic (exact) mass is 459 g/mol. The predicted octanol–water partition coefficient (Wildman–Crippen LogP) is 1.58. The van der Waals surface area contributed by atoms with Crippen LogP contribution in [-0.4, -0.2) is 52.3 Å². The third kappa shape index (κ3) is 3.59. The van der Waals surface area contributed by atoms with Gasteiger partial charge in [-0.2, -0.15) is 0 Å². The quantitative estimate of drug-likeness (QED) is 0.638. The molecule has 1 fully saturated rings. The van der Waals surface area contributed by atoms with Crippen LogP contribution in [0.4, 0.5) is 8.78 Å². The number of aromatic hydroxyl groups is 1. The second-order valence-corrected chi connectivity index (χ2v) is 8.39. The number of fused-ring (bicyclic) bond motifs is 2. The van der Waals surface area contributed by atoms with Crippen molar-refractivity contribution in [3.63, 3.8) is 0 Å². The number of carbonyl (C=O) groups is 3. The summed E-state index contributed by atoms with van der Waals surface area (Å²) in [6, 6.07) is 3.00. The molecule has 2 N–H and O–H groups in total. The van der Waals surface area contributed by atoms with E-state index in [1.54, 1.807) is 6.92 Å². The Balaban J connectivity index is 1.73. The maximum absolute atomic E-state index is 13.9. The molecule has 0 unspecified atom stereocenters. The SMILES string of the molecule is CCN1C[C@@]2(C[C@@H]2C(=O)NC)n2cc(C(=O)CCc3ccc(F)cc3F)c(=O)c(O)c2C1=O. The highest BCUT2D eigenvalue weighted by atomic mass is 19.1. The van der Waals surface area contributed by atoms with E-state index < -0.39 is 46.0 Å². The summed E-state index contributed by atoms with van der Waals surface area (Å²) in [5.74, 6) is -4.36. The minimum absolute atomic E-state index is 0.0819. The number of nitrogens with one attached hydrogen (secondary N) is 1.